The number of hydrogen-bond donors (Lipinski definition) is 0. The molecule has 0 unspecified atom stereocenters. The smallest absolute Gasteiger partial charge is 0.245 e. The number of aromatic nitrogens is 2. The number of sulfonamides is 1. The minimum atomic E-state index is -3.52. The van der Waals surface area contributed by atoms with Crippen LogP contribution in [-0.2, 0) is 14.8 Å². The van der Waals surface area contributed by atoms with Gasteiger partial charge in [-0.1, -0.05) is 17.7 Å². The summed E-state index contributed by atoms with van der Waals surface area (Å²) < 4.78 is 32.7. The summed E-state index contributed by atoms with van der Waals surface area (Å²) in [4.78, 5) is 0.188. The standard InChI is InChI=1S/C15H21N3O3S/c1-13-5-7-14(8-6-13)18-12-15(11-16-18)22(19,20)17(2)9-4-10-21-3/h5-8,11-12H,4,9-10H2,1-3H3. The molecule has 2 aromatic rings. The molecule has 7 heteroatoms. The summed E-state index contributed by atoms with van der Waals surface area (Å²) in [6.07, 6.45) is 3.56. The molecule has 22 heavy (non-hydrogen) atoms. The van der Waals surface area contributed by atoms with Gasteiger partial charge in [0.1, 0.15) is 4.90 Å². The highest BCUT2D eigenvalue weighted by Crippen LogP contribution is 2.16. The SMILES string of the molecule is COCCCN(C)S(=O)(=O)c1cnn(-c2ccc(C)cc2)c1. The van der Waals surface area contributed by atoms with Crippen LogP contribution in [0.4, 0.5) is 0 Å². The molecule has 120 valence electrons. The zero-order valence-corrected chi connectivity index (χ0v) is 13.9. The summed E-state index contributed by atoms with van der Waals surface area (Å²) in [5.41, 5.74) is 1.97. The molecule has 0 aliphatic heterocycles. The Balaban J connectivity index is 2.17. The van der Waals surface area contributed by atoms with Gasteiger partial charge < -0.3 is 4.74 Å². The largest absolute Gasteiger partial charge is 0.385 e. The summed E-state index contributed by atoms with van der Waals surface area (Å²) in [5, 5.41) is 4.15. The van der Waals surface area contributed by atoms with Gasteiger partial charge in [0.25, 0.3) is 0 Å². The molecule has 1 aromatic carbocycles. The zero-order chi connectivity index (χ0) is 16.2. The predicted molar refractivity (Wildman–Crippen MR) is 84.6 cm³/mol. The third-order valence-corrected chi connectivity index (χ3v) is 5.20. The molecule has 2 rings (SSSR count). The lowest BCUT2D eigenvalue weighted by atomic mass is 10.2. The highest BCUT2D eigenvalue weighted by molar-refractivity contribution is 7.89. The third-order valence-electron chi connectivity index (χ3n) is 3.39. The Morgan fingerprint density at radius 2 is 1.95 bits per heavy atom. The van der Waals surface area contributed by atoms with Crippen molar-refractivity contribution in [2.24, 2.45) is 0 Å². The van der Waals surface area contributed by atoms with E-state index in [1.54, 1.807) is 18.8 Å². The number of benzene rings is 1. The van der Waals surface area contributed by atoms with Crippen molar-refractivity contribution in [2.75, 3.05) is 27.3 Å². The van der Waals surface area contributed by atoms with Crippen LogP contribution in [-0.4, -0.2) is 49.8 Å². The van der Waals surface area contributed by atoms with Gasteiger partial charge in [-0.25, -0.2) is 17.4 Å². The van der Waals surface area contributed by atoms with E-state index in [4.69, 9.17) is 4.74 Å². The Bertz CT molecular complexity index is 708. The van der Waals surface area contributed by atoms with E-state index >= 15 is 0 Å². The average Bonchev–Trinajstić information content (AvgIpc) is 2.98. The van der Waals surface area contributed by atoms with Gasteiger partial charge >= 0.3 is 0 Å². The first-order valence-electron chi connectivity index (χ1n) is 7.02. The van der Waals surface area contributed by atoms with Crippen molar-refractivity contribution < 1.29 is 13.2 Å². The van der Waals surface area contributed by atoms with E-state index in [2.05, 4.69) is 5.10 Å². The Morgan fingerprint density at radius 3 is 2.59 bits per heavy atom. The number of aryl methyl sites for hydroxylation is 1. The van der Waals surface area contributed by atoms with Crippen LogP contribution in [0.25, 0.3) is 5.69 Å². The molecule has 0 atom stereocenters. The van der Waals surface area contributed by atoms with Crippen molar-refractivity contribution in [3.05, 3.63) is 42.2 Å². The van der Waals surface area contributed by atoms with Gasteiger partial charge in [-0.3, -0.25) is 0 Å². The number of rotatable bonds is 7. The monoisotopic (exact) mass is 323 g/mol. The van der Waals surface area contributed by atoms with Gasteiger partial charge in [0.15, 0.2) is 0 Å². The predicted octanol–water partition coefficient (Wildman–Crippen LogP) is 1.84. The molecular weight excluding hydrogens is 302 g/mol. The normalized spacial score (nSPS) is 12.0. The van der Waals surface area contributed by atoms with E-state index in [0.29, 0.717) is 19.6 Å². The second kappa shape index (κ2) is 7.04. The molecule has 0 N–H and O–H groups in total. The number of nitrogens with zero attached hydrogens (tertiary/aromatic N) is 3. The molecule has 0 aliphatic rings. The Morgan fingerprint density at radius 1 is 1.27 bits per heavy atom. The number of hydrogen-bond acceptors (Lipinski definition) is 4. The van der Waals surface area contributed by atoms with E-state index in [1.165, 1.54) is 16.7 Å². The fraction of sp³-hybridized carbons (Fsp3) is 0.400. The van der Waals surface area contributed by atoms with Crippen molar-refractivity contribution in [3.63, 3.8) is 0 Å². The molecule has 0 aliphatic carbocycles. The molecule has 0 fully saturated rings. The van der Waals surface area contributed by atoms with Gasteiger partial charge in [0, 0.05) is 27.3 Å². The maximum absolute atomic E-state index is 12.5. The lowest BCUT2D eigenvalue weighted by Gasteiger charge is -2.15. The Hall–Kier alpha value is -1.70. The van der Waals surface area contributed by atoms with Crippen LogP contribution in [0.1, 0.15) is 12.0 Å². The first-order chi connectivity index (χ1) is 10.4. The van der Waals surface area contributed by atoms with Crippen LogP contribution in [0, 0.1) is 6.92 Å². The van der Waals surface area contributed by atoms with Crippen LogP contribution >= 0.6 is 0 Å². The quantitative estimate of drug-likeness (QED) is 0.729. The topological polar surface area (TPSA) is 64.4 Å². The summed E-state index contributed by atoms with van der Waals surface area (Å²) in [5.74, 6) is 0. The molecule has 0 amide bonds. The van der Waals surface area contributed by atoms with Crippen molar-refractivity contribution >= 4 is 10.0 Å². The lowest BCUT2D eigenvalue weighted by molar-refractivity contribution is 0.189. The summed E-state index contributed by atoms with van der Waals surface area (Å²) in [7, 11) is -0.359. The van der Waals surface area contributed by atoms with Crippen LogP contribution in [0.3, 0.4) is 0 Å². The minimum Gasteiger partial charge on any atom is -0.385 e. The number of methoxy groups -OCH3 is 1. The Kier molecular flexibility index (Phi) is 5.33. The van der Waals surface area contributed by atoms with E-state index in [0.717, 1.165) is 11.3 Å². The van der Waals surface area contributed by atoms with Crippen LogP contribution in [0.15, 0.2) is 41.6 Å². The van der Waals surface area contributed by atoms with Gasteiger partial charge in [0.2, 0.25) is 10.0 Å². The van der Waals surface area contributed by atoms with Gasteiger partial charge in [-0.05, 0) is 25.5 Å². The molecule has 6 nitrogen and oxygen atoms in total. The first-order valence-corrected chi connectivity index (χ1v) is 8.46. The van der Waals surface area contributed by atoms with Gasteiger partial charge in [-0.15, -0.1) is 0 Å². The van der Waals surface area contributed by atoms with E-state index < -0.39 is 10.0 Å². The second-order valence-electron chi connectivity index (χ2n) is 5.13. The summed E-state index contributed by atoms with van der Waals surface area (Å²) in [6, 6.07) is 7.73. The maximum atomic E-state index is 12.5. The van der Waals surface area contributed by atoms with Crippen molar-refractivity contribution in [1.82, 2.24) is 14.1 Å². The minimum absolute atomic E-state index is 0.188. The van der Waals surface area contributed by atoms with Gasteiger partial charge in [0.05, 0.1) is 18.1 Å². The highest BCUT2D eigenvalue weighted by atomic mass is 32.2. The molecule has 0 bridgehead atoms. The fourth-order valence-electron chi connectivity index (χ4n) is 2.01. The Labute approximate surface area is 131 Å². The molecule has 0 spiro atoms. The van der Waals surface area contributed by atoms with E-state index in [-0.39, 0.29) is 4.90 Å². The molecule has 1 aromatic heterocycles. The first kappa shape index (κ1) is 16.7. The van der Waals surface area contributed by atoms with E-state index in [1.807, 2.05) is 31.2 Å². The van der Waals surface area contributed by atoms with Crippen molar-refractivity contribution in [1.29, 1.82) is 0 Å². The molecule has 0 saturated heterocycles. The highest BCUT2D eigenvalue weighted by Gasteiger charge is 2.22. The molecular formula is C15H21N3O3S. The second-order valence-corrected chi connectivity index (χ2v) is 7.17. The van der Waals surface area contributed by atoms with Crippen molar-refractivity contribution in [2.45, 2.75) is 18.2 Å². The molecule has 0 radical (unpaired) electrons. The maximum Gasteiger partial charge on any atom is 0.245 e. The van der Waals surface area contributed by atoms with Crippen LogP contribution in [0.2, 0.25) is 0 Å². The molecule has 0 saturated carbocycles. The van der Waals surface area contributed by atoms with Crippen LogP contribution in [0.5, 0.6) is 0 Å². The zero-order valence-electron chi connectivity index (χ0n) is 13.1. The van der Waals surface area contributed by atoms with Crippen molar-refractivity contribution in [3.8, 4) is 5.69 Å². The van der Waals surface area contributed by atoms with Gasteiger partial charge in [-0.2, -0.15) is 5.10 Å². The van der Waals surface area contributed by atoms with E-state index in [9.17, 15) is 8.42 Å². The van der Waals surface area contributed by atoms with Crippen LogP contribution < -0.4 is 0 Å². The molecule has 1 heterocycles. The third kappa shape index (κ3) is 3.73. The lowest BCUT2D eigenvalue weighted by Crippen LogP contribution is -2.28. The number of ether oxygens (including phenoxy) is 1. The fourth-order valence-corrected chi connectivity index (χ4v) is 3.15. The summed E-state index contributed by atoms with van der Waals surface area (Å²) in [6.45, 7) is 2.94. The summed E-state index contributed by atoms with van der Waals surface area (Å²) >= 11 is 0. The average molecular weight is 323 g/mol.